The van der Waals surface area contributed by atoms with Crippen LogP contribution in [0.15, 0.2) is 42.6 Å². The molecule has 0 radical (unpaired) electrons. The van der Waals surface area contributed by atoms with Crippen molar-refractivity contribution in [2.45, 2.75) is 6.92 Å². The maximum absolute atomic E-state index is 12.0. The first-order chi connectivity index (χ1) is 9.60. The fourth-order valence-corrected chi connectivity index (χ4v) is 1.65. The van der Waals surface area contributed by atoms with Crippen LogP contribution < -0.4 is 5.32 Å². The van der Waals surface area contributed by atoms with Crippen LogP contribution in [0.25, 0.3) is 0 Å². The van der Waals surface area contributed by atoms with Crippen molar-refractivity contribution in [1.82, 2.24) is 4.98 Å². The molecule has 0 aliphatic heterocycles. The Morgan fingerprint density at radius 2 is 2.00 bits per heavy atom. The Balaban J connectivity index is 2.21. The number of anilines is 1. The van der Waals surface area contributed by atoms with E-state index in [0.29, 0.717) is 16.8 Å². The van der Waals surface area contributed by atoms with Crippen molar-refractivity contribution in [3.8, 4) is 6.07 Å². The van der Waals surface area contributed by atoms with Gasteiger partial charge in [0, 0.05) is 23.0 Å². The van der Waals surface area contributed by atoms with Gasteiger partial charge in [-0.25, -0.2) is 4.98 Å². The molecular formula is C15H11N3O2. The quantitative estimate of drug-likeness (QED) is 0.864. The lowest BCUT2D eigenvalue weighted by Crippen LogP contribution is -2.12. The summed E-state index contributed by atoms with van der Waals surface area (Å²) in [4.78, 5) is 27.1. The minimum Gasteiger partial charge on any atom is -0.322 e. The minimum absolute atomic E-state index is 0.0724. The average Bonchev–Trinajstić information content (AvgIpc) is 2.47. The molecule has 0 bridgehead atoms. The van der Waals surface area contributed by atoms with Gasteiger partial charge in [-0.15, -0.1) is 0 Å². The second kappa shape index (κ2) is 5.76. The molecule has 0 saturated heterocycles. The van der Waals surface area contributed by atoms with Crippen LogP contribution in [-0.4, -0.2) is 16.7 Å². The number of pyridine rings is 1. The smallest absolute Gasteiger partial charge is 0.255 e. The minimum atomic E-state index is -0.357. The third-order valence-electron chi connectivity index (χ3n) is 2.66. The Bertz CT molecular complexity index is 717. The lowest BCUT2D eigenvalue weighted by Gasteiger charge is -2.06. The highest BCUT2D eigenvalue weighted by Gasteiger charge is 2.08. The number of carbonyl (C=O) groups excluding carboxylic acids is 2. The number of rotatable bonds is 3. The highest BCUT2D eigenvalue weighted by atomic mass is 16.1. The van der Waals surface area contributed by atoms with Crippen LogP contribution in [-0.2, 0) is 0 Å². The van der Waals surface area contributed by atoms with E-state index in [4.69, 9.17) is 5.26 Å². The molecule has 1 N–H and O–H groups in total. The highest BCUT2D eigenvalue weighted by Crippen LogP contribution is 2.13. The molecule has 0 atom stereocenters. The normalized spacial score (nSPS) is 9.60. The van der Waals surface area contributed by atoms with Gasteiger partial charge in [-0.2, -0.15) is 5.26 Å². The SMILES string of the molecule is CC(=O)c1cccc(NC(=O)c2ccnc(C#N)c2)c1. The predicted octanol–water partition coefficient (Wildman–Crippen LogP) is 2.41. The molecule has 0 aliphatic rings. The van der Waals surface area contributed by atoms with Crippen molar-refractivity contribution in [3.05, 3.63) is 59.4 Å². The van der Waals surface area contributed by atoms with E-state index in [9.17, 15) is 9.59 Å². The van der Waals surface area contributed by atoms with Gasteiger partial charge in [0.2, 0.25) is 0 Å². The molecule has 1 amide bonds. The Hall–Kier alpha value is -3.00. The Morgan fingerprint density at radius 1 is 1.20 bits per heavy atom. The molecule has 98 valence electrons. The first-order valence-electron chi connectivity index (χ1n) is 5.88. The Kier molecular flexibility index (Phi) is 3.87. The standard InChI is InChI=1S/C15H11N3O2/c1-10(19)11-3-2-4-13(7-11)18-15(20)12-5-6-17-14(8-12)9-16/h2-8H,1H3,(H,18,20). The Morgan fingerprint density at radius 3 is 2.70 bits per heavy atom. The number of hydrogen-bond acceptors (Lipinski definition) is 4. The highest BCUT2D eigenvalue weighted by molar-refractivity contribution is 6.05. The predicted molar refractivity (Wildman–Crippen MR) is 73.4 cm³/mol. The van der Waals surface area contributed by atoms with Gasteiger partial charge >= 0.3 is 0 Å². The third kappa shape index (κ3) is 3.06. The summed E-state index contributed by atoms with van der Waals surface area (Å²) in [7, 11) is 0. The van der Waals surface area contributed by atoms with Crippen LogP contribution in [0.5, 0.6) is 0 Å². The Labute approximate surface area is 115 Å². The zero-order chi connectivity index (χ0) is 14.5. The summed E-state index contributed by atoms with van der Waals surface area (Å²) in [6.07, 6.45) is 1.40. The molecule has 1 aromatic heterocycles. The topological polar surface area (TPSA) is 82.8 Å². The number of Topliss-reactive ketones (excluding diaryl/α,β-unsaturated/α-hetero) is 1. The van der Waals surface area contributed by atoms with Crippen LogP contribution in [0, 0.1) is 11.3 Å². The summed E-state index contributed by atoms with van der Waals surface area (Å²) < 4.78 is 0. The van der Waals surface area contributed by atoms with Crippen LogP contribution in [0.2, 0.25) is 0 Å². The number of carbonyl (C=O) groups is 2. The lowest BCUT2D eigenvalue weighted by molar-refractivity contribution is 0.101. The van der Waals surface area contributed by atoms with E-state index < -0.39 is 0 Å². The number of nitrogens with zero attached hydrogens (tertiary/aromatic N) is 2. The fourth-order valence-electron chi connectivity index (χ4n) is 1.65. The molecule has 5 nitrogen and oxygen atoms in total. The fraction of sp³-hybridized carbons (Fsp3) is 0.0667. The second-order valence-corrected chi connectivity index (χ2v) is 4.13. The molecule has 0 saturated carbocycles. The maximum atomic E-state index is 12.0. The number of nitriles is 1. The van der Waals surface area contributed by atoms with Gasteiger partial charge in [-0.3, -0.25) is 9.59 Å². The molecule has 2 aromatic rings. The molecule has 2 rings (SSSR count). The zero-order valence-electron chi connectivity index (χ0n) is 10.8. The molecule has 1 heterocycles. The van der Waals surface area contributed by atoms with Crippen LogP contribution >= 0.6 is 0 Å². The number of aromatic nitrogens is 1. The number of nitrogens with one attached hydrogen (secondary N) is 1. The summed E-state index contributed by atoms with van der Waals surface area (Å²) in [5, 5.41) is 11.4. The molecule has 20 heavy (non-hydrogen) atoms. The zero-order valence-corrected chi connectivity index (χ0v) is 10.8. The maximum Gasteiger partial charge on any atom is 0.255 e. The first kappa shape index (κ1) is 13.4. The van der Waals surface area contributed by atoms with Gasteiger partial charge < -0.3 is 5.32 Å². The van der Waals surface area contributed by atoms with Crippen LogP contribution in [0.3, 0.4) is 0 Å². The summed E-state index contributed by atoms with van der Waals surface area (Å²) >= 11 is 0. The van der Waals surface area contributed by atoms with Gasteiger partial charge in [-0.1, -0.05) is 12.1 Å². The molecule has 0 aliphatic carbocycles. The molecular weight excluding hydrogens is 254 g/mol. The number of hydrogen-bond donors (Lipinski definition) is 1. The molecule has 0 spiro atoms. The number of amides is 1. The van der Waals surface area contributed by atoms with Gasteiger partial charge in [0.15, 0.2) is 5.78 Å². The van der Waals surface area contributed by atoms with E-state index in [2.05, 4.69) is 10.3 Å². The van der Waals surface area contributed by atoms with Gasteiger partial charge in [-0.05, 0) is 31.2 Å². The second-order valence-electron chi connectivity index (χ2n) is 4.13. The van der Waals surface area contributed by atoms with Gasteiger partial charge in [0.1, 0.15) is 11.8 Å². The summed E-state index contributed by atoms with van der Waals surface area (Å²) in [5.41, 5.74) is 1.56. The summed E-state index contributed by atoms with van der Waals surface area (Å²) in [6, 6.07) is 11.5. The van der Waals surface area contributed by atoms with Crippen molar-refractivity contribution < 1.29 is 9.59 Å². The first-order valence-corrected chi connectivity index (χ1v) is 5.88. The van der Waals surface area contributed by atoms with Crippen molar-refractivity contribution in [3.63, 3.8) is 0 Å². The molecule has 0 unspecified atom stereocenters. The molecule has 0 fully saturated rings. The van der Waals surface area contributed by atoms with E-state index in [1.165, 1.54) is 25.3 Å². The van der Waals surface area contributed by atoms with Gasteiger partial charge in [0.05, 0.1) is 0 Å². The number of benzene rings is 1. The van der Waals surface area contributed by atoms with E-state index in [0.717, 1.165) is 0 Å². The third-order valence-corrected chi connectivity index (χ3v) is 2.66. The van der Waals surface area contributed by atoms with E-state index >= 15 is 0 Å². The van der Waals surface area contributed by atoms with E-state index in [-0.39, 0.29) is 17.4 Å². The van der Waals surface area contributed by atoms with E-state index in [1.54, 1.807) is 24.3 Å². The van der Waals surface area contributed by atoms with Crippen molar-refractivity contribution in [1.29, 1.82) is 5.26 Å². The van der Waals surface area contributed by atoms with Crippen LogP contribution in [0.1, 0.15) is 33.3 Å². The van der Waals surface area contributed by atoms with Crippen molar-refractivity contribution in [2.75, 3.05) is 5.32 Å². The van der Waals surface area contributed by atoms with Crippen molar-refractivity contribution in [2.24, 2.45) is 0 Å². The average molecular weight is 265 g/mol. The van der Waals surface area contributed by atoms with Crippen LogP contribution in [0.4, 0.5) is 5.69 Å². The monoisotopic (exact) mass is 265 g/mol. The van der Waals surface area contributed by atoms with Crippen molar-refractivity contribution >= 4 is 17.4 Å². The number of ketones is 1. The molecule has 1 aromatic carbocycles. The summed E-state index contributed by atoms with van der Waals surface area (Å²) in [5.74, 6) is -0.429. The summed E-state index contributed by atoms with van der Waals surface area (Å²) in [6.45, 7) is 1.46. The lowest BCUT2D eigenvalue weighted by atomic mass is 10.1. The largest absolute Gasteiger partial charge is 0.322 e. The van der Waals surface area contributed by atoms with E-state index in [1.807, 2.05) is 6.07 Å². The van der Waals surface area contributed by atoms with Gasteiger partial charge in [0.25, 0.3) is 5.91 Å². The molecule has 5 heteroatoms.